The summed E-state index contributed by atoms with van der Waals surface area (Å²) in [5.74, 6) is -0.745. The number of hydrogen-bond donors (Lipinski definition) is 2. The van der Waals surface area contributed by atoms with Gasteiger partial charge in [-0.2, -0.15) is 0 Å². The highest BCUT2D eigenvalue weighted by Crippen LogP contribution is 1.67. The van der Waals surface area contributed by atoms with Crippen LogP contribution in [0.2, 0.25) is 0 Å². The first kappa shape index (κ1) is 18.0. The molecule has 0 bridgehead atoms. The van der Waals surface area contributed by atoms with Crippen molar-refractivity contribution in [3.05, 3.63) is 0 Å². The molecule has 2 N–H and O–H groups in total. The number of carbonyl (C=O) groups excluding carboxylic acids is 1. The van der Waals surface area contributed by atoms with Crippen LogP contribution < -0.4 is 0 Å². The molecule has 0 unspecified atom stereocenters. The van der Waals surface area contributed by atoms with Gasteiger partial charge in [-0.05, 0) is 6.42 Å². The van der Waals surface area contributed by atoms with Gasteiger partial charge in [0.25, 0.3) is 0 Å². The molecule has 13 heavy (non-hydrogen) atoms. The third-order valence-electron chi connectivity index (χ3n) is 0.693. The molecule has 4 nitrogen and oxygen atoms in total. The van der Waals surface area contributed by atoms with Gasteiger partial charge in [0.1, 0.15) is 6.29 Å². The van der Waals surface area contributed by atoms with Gasteiger partial charge in [0, 0.05) is 19.4 Å². The van der Waals surface area contributed by atoms with Gasteiger partial charge >= 0.3 is 5.97 Å². The lowest BCUT2D eigenvalue weighted by Gasteiger charge is -1.71. The number of carbonyl (C=O) groups is 2. The molecule has 0 aromatic rings. The number of hydrogen-bond acceptors (Lipinski definition) is 3. The van der Waals surface area contributed by atoms with Crippen molar-refractivity contribution in [3.63, 3.8) is 0 Å². The second kappa shape index (κ2) is 22.5. The van der Waals surface area contributed by atoms with Gasteiger partial charge in [-0.25, -0.2) is 0 Å². The second-order valence-corrected chi connectivity index (χ2v) is 2.05. The Morgan fingerprint density at radius 1 is 1.31 bits per heavy atom. The Bertz CT molecular complexity index is 99.8. The van der Waals surface area contributed by atoms with E-state index >= 15 is 0 Å². The Labute approximate surface area is 79.6 Å². The van der Waals surface area contributed by atoms with Crippen LogP contribution in [0.4, 0.5) is 0 Å². The summed E-state index contributed by atoms with van der Waals surface area (Å²) in [6.45, 7) is 5.66. The maximum Gasteiger partial charge on any atom is 0.303 e. The number of carboxylic acids is 1. The smallest absolute Gasteiger partial charge is 0.303 e. The number of aliphatic hydroxyl groups excluding tert-OH is 1. The predicted octanol–water partition coefficient (Wildman–Crippen LogP) is 1.46. The van der Waals surface area contributed by atoms with E-state index in [0.717, 1.165) is 12.7 Å². The molecule has 0 rings (SSSR count). The lowest BCUT2D eigenvalue weighted by molar-refractivity contribution is -0.136. The molecular weight excluding hydrogens is 172 g/mol. The quantitative estimate of drug-likeness (QED) is 0.664. The van der Waals surface area contributed by atoms with Crippen LogP contribution in [-0.4, -0.2) is 29.1 Å². The van der Waals surface area contributed by atoms with E-state index in [2.05, 4.69) is 0 Å². The van der Waals surface area contributed by atoms with E-state index in [1.54, 1.807) is 6.92 Å². The van der Waals surface area contributed by atoms with Crippen molar-refractivity contribution in [2.24, 2.45) is 0 Å². The van der Waals surface area contributed by atoms with Gasteiger partial charge in [-0.15, -0.1) is 0 Å². The lowest BCUT2D eigenvalue weighted by atomic mass is 10.5. The number of aliphatic carboxylic acids is 1. The molecule has 0 spiro atoms. The molecule has 4 heteroatoms. The molecule has 80 valence electrons. The van der Waals surface area contributed by atoms with Crippen LogP contribution in [0.15, 0.2) is 0 Å². The normalized spacial score (nSPS) is 7.08. The van der Waals surface area contributed by atoms with Crippen LogP contribution in [0.5, 0.6) is 0 Å². The summed E-state index contributed by atoms with van der Waals surface area (Å²) >= 11 is 0. The molecule has 0 aromatic carbocycles. The molecule has 0 atom stereocenters. The summed E-state index contributed by atoms with van der Waals surface area (Å²) < 4.78 is 0. The van der Waals surface area contributed by atoms with Gasteiger partial charge < -0.3 is 15.0 Å². The highest BCUT2D eigenvalue weighted by Gasteiger charge is 1.80. The molecule has 0 aliphatic carbocycles. The van der Waals surface area contributed by atoms with E-state index in [1.807, 2.05) is 13.8 Å². The van der Waals surface area contributed by atoms with Crippen molar-refractivity contribution in [1.82, 2.24) is 0 Å². The highest BCUT2D eigenvalue weighted by molar-refractivity contribution is 5.66. The lowest BCUT2D eigenvalue weighted by Crippen LogP contribution is -1.86. The first-order valence-electron chi connectivity index (χ1n) is 4.36. The van der Waals surface area contributed by atoms with Gasteiger partial charge in [-0.1, -0.05) is 20.8 Å². The van der Waals surface area contributed by atoms with Crippen molar-refractivity contribution >= 4 is 12.3 Å². The van der Waals surface area contributed by atoms with Crippen molar-refractivity contribution in [2.45, 2.75) is 40.0 Å². The van der Waals surface area contributed by atoms with Crippen LogP contribution in [0, 0.1) is 0 Å². The predicted molar refractivity (Wildman–Crippen MR) is 51.7 cm³/mol. The minimum atomic E-state index is -0.745. The number of carboxylic acid groups (broad SMARTS) is 1. The van der Waals surface area contributed by atoms with E-state index in [4.69, 9.17) is 10.2 Å². The monoisotopic (exact) mass is 192 g/mol. The Hall–Kier alpha value is -0.900. The SMILES string of the molecule is CCC(=O)O.CCC=O.CCCO. The van der Waals surface area contributed by atoms with E-state index in [0.29, 0.717) is 13.0 Å². The fourth-order valence-electron chi connectivity index (χ4n) is 0. The topological polar surface area (TPSA) is 74.6 Å². The summed E-state index contributed by atoms with van der Waals surface area (Å²) in [4.78, 5) is 18.5. The fourth-order valence-corrected chi connectivity index (χ4v) is 0. The standard InChI is InChI=1S/C3H6O2.C3H8O.C3H6O/c1-2-3(4)5;2*1-2-3-4/h2H2,1H3,(H,4,5);4H,2-3H2,1H3;3H,2H2,1H3. The summed E-state index contributed by atoms with van der Waals surface area (Å²) in [6, 6.07) is 0. The molecule has 0 heterocycles. The van der Waals surface area contributed by atoms with Crippen molar-refractivity contribution in [3.8, 4) is 0 Å². The largest absolute Gasteiger partial charge is 0.481 e. The zero-order valence-electron chi connectivity index (χ0n) is 8.62. The van der Waals surface area contributed by atoms with Gasteiger partial charge in [0.2, 0.25) is 0 Å². The van der Waals surface area contributed by atoms with E-state index < -0.39 is 5.97 Å². The van der Waals surface area contributed by atoms with Crippen LogP contribution >= 0.6 is 0 Å². The molecule has 0 saturated carbocycles. The van der Waals surface area contributed by atoms with E-state index in [-0.39, 0.29) is 6.42 Å². The van der Waals surface area contributed by atoms with Crippen molar-refractivity contribution < 1.29 is 19.8 Å². The van der Waals surface area contributed by atoms with Crippen LogP contribution in [-0.2, 0) is 9.59 Å². The molecule has 0 radical (unpaired) electrons. The number of aliphatic hydroxyl groups is 1. The van der Waals surface area contributed by atoms with E-state index in [9.17, 15) is 9.59 Å². The highest BCUT2D eigenvalue weighted by atomic mass is 16.4. The average Bonchev–Trinajstić information content (AvgIpc) is 2.18. The summed E-state index contributed by atoms with van der Waals surface area (Å²) in [5.41, 5.74) is 0. The number of rotatable bonds is 3. The zero-order valence-corrected chi connectivity index (χ0v) is 8.62. The molecule has 0 amide bonds. The van der Waals surface area contributed by atoms with E-state index in [1.165, 1.54) is 0 Å². The zero-order chi connectivity index (χ0) is 11.1. The molecule has 0 aromatic heterocycles. The maximum atomic E-state index is 9.37. The first-order chi connectivity index (χ1) is 6.10. The van der Waals surface area contributed by atoms with Gasteiger partial charge in [-0.3, -0.25) is 4.79 Å². The molecule has 0 fully saturated rings. The maximum absolute atomic E-state index is 9.37. The third-order valence-corrected chi connectivity index (χ3v) is 0.693. The second-order valence-electron chi connectivity index (χ2n) is 2.05. The molecular formula is C9H20O4. The summed E-state index contributed by atoms with van der Waals surface area (Å²) in [6.07, 6.45) is 2.61. The molecule has 0 saturated heterocycles. The van der Waals surface area contributed by atoms with Gasteiger partial charge in [0.05, 0.1) is 0 Å². The summed E-state index contributed by atoms with van der Waals surface area (Å²) in [5, 5.41) is 15.6. The summed E-state index contributed by atoms with van der Waals surface area (Å²) in [7, 11) is 0. The molecule has 0 aliphatic heterocycles. The molecule has 0 aliphatic rings. The van der Waals surface area contributed by atoms with Crippen LogP contribution in [0.25, 0.3) is 0 Å². The number of aldehydes is 1. The first-order valence-corrected chi connectivity index (χ1v) is 4.36. The van der Waals surface area contributed by atoms with Crippen LogP contribution in [0.3, 0.4) is 0 Å². The Balaban J connectivity index is -0.000000117. The minimum Gasteiger partial charge on any atom is -0.481 e. The Kier molecular flexibility index (Phi) is 31.1. The van der Waals surface area contributed by atoms with Crippen molar-refractivity contribution in [1.29, 1.82) is 0 Å². The van der Waals surface area contributed by atoms with Crippen LogP contribution in [0.1, 0.15) is 40.0 Å². The third kappa shape index (κ3) is 95.6. The minimum absolute atomic E-state index is 0.222. The van der Waals surface area contributed by atoms with Gasteiger partial charge in [0.15, 0.2) is 0 Å². The fraction of sp³-hybridized carbons (Fsp3) is 0.778. The Morgan fingerprint density at radius 2 is 1.54 bits per heavy atom. The Morgan fingerprint density at radius 3 is 1.54 bits per heavy atom. The van der Waals surface area contributed by atoms with Crippen molar-refractivity contribution in [2.75, 3.05) is 6.61 Å². The average molecular weight is 192 g/mol.